The maximum Gasteiger partial charge on any atom is 0.285 e. The van der Waals surface area contributed by atoms with Crippen LogP contribution in [0.5, 0.6) is 0 Å². The standard InChI is InChI=1S/C18H22FN3O4S/c1-13-17(14-4-6-15(19)7-5-14)27(24,25)20-18(13)22-9-3-8-21(10-11-22)16(23)12-26-2/h4-7H,3,8-12H2,1-2H3. The summed E-state index contributed by atoms with van der Waals surface area (Å²) in [6.45, 7) is 3.88. The molecule has 0 unspecified atom stereocenters. The third kappa shape index (κ3) is 4.03. The number of carbonyl (C=O) groups is 1. The fourth-order valence-corrected chi connectivity index (χ4v) is 4.86. The Morgan fingerprint density at radius 2 is 1.89 bits per heavy atom. The number of nitrogens with zero attached hydrogens (tertiary/aromatic N) is 3. The summed E-state index contributed by atoms with van der Waals surface area (Å²) in [5, 5.41) is 0. The van der Waals surface area contributed by atoms with Gasteiger partial charge in [-0.1, -0.05) is 12.1 Å². The molecule has 3 rings (SSSR count). The van der Waals surface area contributed by atoms with Gasteiger partial charge < -0.3 is 14.5 Å². The monoisotopic (exact) mass is 395 g/mol. The topological polar surface area (TPSA) is 79.3 Å². The van der Waals surface area contributed by atoms with Crippen LogP contribution >= 0.6 is 0 Å². The Bertz CT molecular complexity index is 894. The van der Waals surface area contributed by atoms with Crippen molar-refractivity contribution in [3.05, 3.63) is 41.2 Å². The van der Waals surface area contributed by atoms with E-state index in [1.165, 1.54) is 31.4 Å². The highest BCUT2D eigenvalue weighted by Gasteiger charge is 2.34. The Kier molecular flexibility index (Phi) is 5.61. The number of rotatable bonds is 3. The molecule has 0 aliphatic carbocycles. The fraction of sp³-hybridized carbons (Fsp3) is 0.444. The van der Waals surface area contributed by atoms with Crippen LogP contribution < -0.4 is 0 Å². The third-order valence-corrected chi connectivity index (χ3v) is 6.13. The molecule has 1 aromatic rings. The number of hydrogen-bond donors (Lipinski definition) is 0. The van der Waals surface area contributed by atoms with Crippen molar-refractivity contribution in [3.63, 3.8) is 0 Å². The second kappa shape index (κ2) is 7.77. The van der Waals surface area contributed by atoms with Crippen molar-refractivity contribution in [1.82, 2.24) is 9.80 Å². The SMILES string of the molecule is COCC(=O)N1CCCN(C2=NS(=O)(=O)C(c3ccc(F)cc3)=C2C)CC1. The van der Waals surface area contributed by atoms with Gasteiger partial charge in [0.25, 0.3) is 10.0 Å². The number of benzene rings is 1. The molecule has 7 nitrogen and oxygen atoms in total. The number of ether oxygens (including phenoxy) is 1. The zero-order valence-corrected chi connectivity index (χ0v) is 16.1. The van der Waals surface area contributed by atoms with Crippen LogP contribution in [0.2, 0.25) is 0 Å². The van der Waals surface area contributed by atoms with E-state index in [1.54, 1.807) is 11.8 Å². The van der Waals surface area contributed by atoms with Gasteiger partial charge in [-0.25, -0.2) is 4.39 Å². The van der Waals surface area contributed by atoms with Crippen molar-refractivity contribution in [2.45, 2.75) is 13.3 Å². The van der Waals surface area contributed by atoms with Crippen molar-refractivity contribution in [2.24, 2.45) is 4.40 Å². The average molecular weight is 395 g/mol. The molecule has 0 radical (unpaired) electrons. The molecule has 0 bridgehead atoms. The average Bonchev–Trinajstić information content (AvgIpc) is 2.79. The third-order valence-electron chi connectivity index (χ3n) is 4.66. The van der Waals surface area contributed by atoms with Crippen molar-refractivity contribution in [3.8, 4) is 0 Å². The summed E-state index contributed by atoms with van der Waals surface area (Å²) in [5.74, 6) is -0.114. The molecule has 1 amide bonds. The molecule has 1 aromatic carbocycles. The van der Waals surface area contributed by atoms with Crippen molar-refractivity contribution < 1.29 is 22.3 Å². The molecule has 0 saturated carbocycles. The zero-order chi connectivity index (χ0) is 19.6. The van der Waals surface area contributed by atoms with Crippen LogP contribution in [-0.2, 0) is 19.6 Å². The van der Waals surface area contributed by atoms with E-state index in [4.69, 9.17) is 4.74 Å². The van der Waals surface area contributed by atoms with Gasteiger partial charge in [-0.15, -0.1) is 4.40 Å². The Morgan fingerprint density at radius 1 is 1.19 bits per heavy atom. The van der Waals surface area contributed by atoms with Gasteiger partial charge >= 0.3 is 0 Å². The summed E-state index contributed by atoms with van der Waals surface area (Å²) >= 11 is 0. The molecule has 2 aliphatic heterocycles. The first-order valence-corrected chi connectivity index (χ1v) is 10.1. The molecule has 0 N–H and O–H groups in total. The van der Waals surface area contributed by atoms with Gasteiger partial charge in [-0.05, 0) is 31.0 Å². The minimum absolute atomic E-state index is 0.0307. The maximum atomic E-state index is 13.2. The lowest BCUT2D eigenvalue weighted by Crippen LogP contribution is -2.38. The summed E-state index contributed by atoms with van der Waals surface area (Å²) < 4.78 is 47.3. The lowest BCUT2D eigenvalue weighted by molar-refractivity contribution is -0.134. The van der Waals surface area contributed by atoms with E-state index >= 15 is 0 Å². The number of amidine groups is 1. The summed E-state index contributed by atoms with van der Waals surface area (Å²) in [4.78, 5) is 15.7. The molecule has 1 saturated heterocycles. The Hall–Kier alpha value is -2.26. The number of amides is 1. The van der Waals surface area contributed by atoms with E-state index in [0.29, 0.717) is 49.6 Å². The molecule has 0 aromatic heterocycles. The first-order valence-electron chi connectivity index (χ1n) is 8.67. The Balaban J connectivity index is 1.84. The van der Waals surface area contributed by atoms with Crippen LogP contribution in [0.4, 0.5) is 4.39 Å². The van der Waals surface area contributed by atoms with E-state index < -0.39 is 15.8 Å². The highest BCUT2D eigenvalue weighted by molar-refractivity contribution is 8.00. The molecular formula is C18H22FN3O4S. The molecule has 0 spiro atoms. The van der Waals surface area contributed by atoms with Crippen LogP contribution in [0.15, 0.2) is 34.2 Å². The van der Waals surface area contributed by atoms with Crippen LogP contribution in [0.1, 0.15) is 18.9 Å². The zero-order valence-electron chi connectivity index (χ0n) is 15.3. The predicted octanol–water partition coefficient (Wildman–Crippen LogP) is 1.48. The van der Waals surface area contributed by atoms with Gasteiger partial charge in [0.05, 0.1) is 0 Å². The fourth-order valence-electron chi connectivity index (χ4n) is 3.38. The predicted molar refractivity (Wildman–Crippen MR) is 100.0 cm³/mol. The molecule has 2 aliphatic rings. The molecule has 2 heterocycles. The van der Waals surface area contributed by atoms with E-state index in [2.05, 4.69) is 4.40 Å². The van der Waals surface area contributed by atoms with E-state index in [-0.39, 0.29) is 17.4 Å². The van der Waals surface area contributed by atoms with Crippen molar-refractivity contribution >= 4 is 26.7 Å². The van der Waals surface area contributed by atoms with Gasteiger partial charge in [0.15, 0.2) is 0 Å². The number of halogens is 1. The minimum atomic E-state index is -3.85. The van der Waals surface area contributed by atoms with E-state index in [9.17, 15) is 17.6 Å². The highest BCUT2D eigenvalue weighted by atomic mass is 32.2. The van der Waals surface area contributed by atoms with E-state index in [1.807, 2.05) is 4.90 Å². The van der Waals surface area contributed by atoms with Gasteiger partial charge in [0.2, 0.25) is 5.91 Å². The van der Waals surface area contributed by atoms with Crippen LogP contribution in [-0.4, -0.2) is 69.9 Å². The highest BCUT2D eigenvalue weighted by Crippen LogP contribution is 2.33. The minimum Gasteiger partial charge on any atom is -0.375 e. The van der Waals surface area contributed by atoms with Gasteiger partial charge in [-0.3, -0.25) is 4.79 Å². The van der Waals surface area contributed by atoms with Crippen molar-refractivity contribution in [2.75, 3.05) is 39.9 Å². The number of carbonyl (C=O) groups excluding carboxylic acids is 1. The normalized spacial score (nSPS) is 19.9. The molecular weight excluding hydrogens is 373 g/mol. The van der Waals surface area contributed by atoms with Crippen LogP contribution in [0, 0.1) is 5.82 Å². The number of hydrogen-bond acceptors (Lipinski definition) is 5. The molecule has 27 heavy (non-hydrogen) atoms. The molecule has 0 atom stereocenters. The second-order valence-corrected chi connectivity index (χ2v) is 8.05. The van der Waals surface area contributed by atoms with Gasteiger partial charge in [0, 0.05) is 38.9 Å². The van der Waals surface area contributed by atoms with Gasteiger partial charge in [-0.2, -0.15) is 8.42 Å². The lowest BCUT2D eigenvalue weighted by atomic mass is 10.1. The van der Waals surface area contributed by atoms with E-state index in [0.717, 1.165) is 0 Å². The Morgan fingerprint density at radius 3 is 2.56 bits per heavy atom. The molecule has 1 fully saturated rings. The first kappa shape index (κ1) is 19.5. The van der Waals surface area contributed by atoms with Crippen LogP contribution in [0.25, 0.3) is 4.91 Å². The summed E-state index contributed by atoms with van der Waals surface area (Å²) in [6, 6.07) is 5.35. The van der Waals surface area contributed by atoms with Gasteiger partial charge in [0.1, 0.15) is 23.2 Å². The lowest BCUT2D eigenvalue weighted by Gasteiger charge is -2.23. The maximum absolute atomic E-state index is 13.2. The van der Waals surface area contributed by atoms with Crippen molar-refractivity contribution in [1.29, 1.82) is 0 Å². The summed E-state index contributed by atoms with van der Waals surface area (Å²) in [7, 11) is -2.37. The first-order chi connectivity index (χ1) is 12.8. The number of methoxy groups -OCH3 is 1. The largest absolute Gasteiger partial charge is 0.375 e. The quantitative estimate of drug-likeness (QED) is 0.775. The number of sulfonamides is 1. The summed E-state index contributed by atoms with van der Waals surface area (Å²) in [6.07, 6.45) is 0.702. The van der Waals surface area contributed by atoms with Crippen LogP contribution in [0.3, 0.4) is 0 Å². The molecule has 9 heteroatoms. The smallest absolute Gasteiger partial charge is 0.285 e. The Labute approximate surface area is 158 Å². The molecule has 146 valence electrons. The second-order valence-electron chi connectivity index (χ2n) is 6.51. The summed E-state index contributed by atoms with van der Waals surface area (Å²) in [5.41, 5.74) is 0.956.